The summed E-state index contributed by atoms with van der Waals surface area (Å²) in [6.07, 6.45) is 2.97. The predicted molar refractivity (Wildman–Crippen MR) is 191 cm³/mol. The lowest BCUT2D eigenvalue weighted by molar-refractivity contribution is -0.120. The number of ketones is 2. The highest BCUT2D eigenvalue weighted by atomic mass is 35.5. The van der Waals surface area contributed by atoms with Gasteiger partial charge in [0.1, 0.15) is 0 Å². The topological polar surface area (TPSA) is 75.7 Å². The zero-order valence-electron chi connectivity index (χ0n) is 28.2. The zero-order valence-corrected chi connectivity index (χ0v) is 29.7. The van der Waals surface area contributed by atoms with Crippen molar-refractivity contribution in [2.45, 2.75) is 72.6 Å². The maximum absolute atomic E-state index is 14.2. The van der Waals surface area contributed by atoms with Gasteiger partial charge in [-0.15, -0.1) is 0 Å². The van der Waals surface area contributed by atoms with E-state index in [0.29, 0.717) is 54.6 Å². The number of ether oxygens (including phenoxy) is 1. The molecular weight excluding hydrogens is 643 g/mol. The van der Waals surface area contributed by atoms with E-state index in [1.807, 2.05) is 49.4 Å². The minimum absolute atomic E-state index is 0.0421. The Balaban J connectivity index is 1.38. The second-order valence-corrected chi connectivity index (χ2v) is 15.8. The molecule has 250 valence electrons. The van der Waals surface area contributed by atoms with E-state index in [1.54, 1.807) is 12.1 Å². The highest BCUT2D eigenvalue weighted by molar-refractivity contribution is 6.37. The molecule has 6 rings (SSSR count). The Bertz CT molecular complexity index is 1760. The van der Waals surface area contributed by atoms with Crippen LogP contribution >= 0.6 is 23.2 Å². The van der Waals surface area contributed by atoms with Crippen molar-refractivity contribution in [3.63, 3.8) is 0 Å². The van der Waals surface area contributed by atoms with Crippen LogP contribution in [-0.4, -0.2) is 35.5 Å². The molecule has 0 unspecified atom stereocenters. The van der Waals surface area contributed by atoms with Crippen molar-refractivity contribution in [2.24, 2.45) is 10.8 Å². The minimum Gasteiger partial charge on any atom is -0.481 e. The number of nitrogens with one attached hydrogen (secondary N) is 1. The van der Waals surface area contributed by atoms with Crippen LogP contribution in [0.15, 0.2) is 89.3 Å². The van der Waals surface area contributed by atoms with Crippen molar-refractivity contribution in [1.82, 2.24) is 4.90 Å². The van der Waals surface area contributed by atoms with Crippen molar-refractivity contribution in [3.05, 3.63) is 116 Å². The minimum atomic E-state index is -0.593. The van der Waals surface area contributed by atoms with Gasteiger partial charge in [-0.2, -0.15) is 0 Å². The lowest BCUT2D eigenvalue weighted by Gasteiger charge is -2.49. The Hall–Kier alpha value is -3.87. The molecule has 1 heterocycles. The third kappa shape index (κ3) is 7.11. The maximum Gasteiger partial charge on any atom is 0.262 e. The van der Waals surface area contributed by atoms with E-state index in [2.05, 4.69) is 50.0 Å². The predicted octanol–water partition coefficient (Wildman–Crippen LogP) is 9.25. The first kappa shape index (κ1) is 34.0. The Morgan fingerprint density at radius 2 is 1.38 bits per heavy atom. The molecular formula is C40H42Cl2N2O4. The number of carbonyl (C=O) groups excluding carboxylic acids is 3. The van der Waals surface area contributed by atoms with Crippen LogP contribution in [-0.2, 0) is 20.8 Å². The Morgan fingerprint density at radius 1 is 0.833 bits per heavy atom. The van der Waals surface area contributed by atoms with Gasteiger partial charge >= 0.3 is 0 Å². The summed E-state index contributed by atoms with van der Waals surface area (Å²) in [6, 6.07) is 21.2. The van der Waals surface area contributed by atoms with Gasteiger partial charge < -0.3 is 15.0 Å². The van der Waals surface area contributed by atoms with Crippen LogP contribution in [0.3, 0.4) is 0 Å². The molecule has 3 aromatic carbocycles. The van der Waals surface area contributed by atoms with Gasteiger partial charge in [-0.3, -0.25) is 14.4 Å². The van der Waals surface area contributed by atoms with E-state index in [1.165, 1.54) is 5.56 Å². The number of hydrogen-bond donors (Lipinski definition) is 1. The fourth-order valence-electron chi connectivity index (χ4n) is 7.39. The summed E-state index contributed by atoms with van der Waals surface area (Å²) in [4.78, 5) is 43.3. The van der Waals surface area contributed by atoms with E-state index >= 15 is 0 Å². The lowest BCUT2D eigenvalue weighted by Crippen LogP contribution is -2.45. The lowest BCUT2D eigenvalue weighted by atomic mass is 9.63. The van der Waals surface area contributed by atoms with Gasteiger partial charge in [-0.05, 0) is 72.4 Å². The average Bonchev–Trinajstić information content (AvgIpc) is 2.99. The summed E-state index contributed by atoms with van der Waals surface area (Å²) in [5.74, 6) is -0.685. The molecule has 0 fully saturated rings. The smallest absolute Gasteiger partial charge is 0.262 e. The van der Waals surface area contributed by atoms with Gasteiger partial charge in [-0.25, -0.2) is 0 Å². The quantitative estimate of drug-likeness (QED) is 0.256. The molecule has 1 aliphatic heterocycles. The Morgan fingerprint density at radius 3 is 1.92 bits per heavy atom. The first-order valence-corrected chi connectivity index (χ1v) is 17.3. The van der Waals surface area contributed by atoms with Crippen LogP contribution in [0.4, 0.5) is 5.69 Å². The number of anilines is 1. The number of halogens is 2. The van der Waals surface area contributed by atoms with E-state index in [9.17, 15) is 14.4 Å². The van der Waals surface area contributed by atoms with Crippen LogP contribution in [0, 0.1) is 17.8 Å². The molecule has 48 heavy (non-hydrogen) atoms. The fourth-order valence-corrected chi connectivity index (χ4v) is 8.01. The van der Waals surface area contributed by atoms with Gasteiger partial charge in [0.2, 0.25) is 0 Å². The van der Waals surface area contributed by atoms with Gasteiger partial charge in [-0.1, -0.05) is 98.9 Å². The largest absolute Gasteiger partial charge is 0.481 e. The zero-order chi connectivity index (χ0) is 34.4. The third-order valence-electron chi connectivity index (χ3n) is 9.53. The highest BCUT2D eigenvalue weighted by Gasteiger charge is 2.49. The summed E-state index contributed by atoms with van der Waals surface area (Å²) >= 11 is 13.6. The Kier molecular flexibility index (Phi) is 9.36. The maximum atomic E-state index is 14.2. The highest BCUT2D eigenvalue weighted by Crippen LogP contribution is 2.55. The molecule has 2 aliphatic carbocycles. The molecule has 3 aromatic rings. The molecule has 8 heteroatoms. The second kappa shape index (κ2) is 13.2. The van der Waals surface area contributed by atoms with E-state index in [-0.39, 0.29) is 50.7 Å². The number of hydrogen-bond acceptors (Lipinski definition) is 5. The summed E-state index contributed by atoms with van der Waals surface area (Å²) < 4.78 is 5.83. The Labute approximate surface area is 293 Å². The third-order valence-corrected chi connectivity index (χ3v) is 10.1. The SMILES string of the molecule is Cc1ccc(NC(=O)COc2c(Cl)cc(C3C4=C(CC(C)(C)CC4=O)N(CCc4ccccc4)C4=C3C(=O)CC(C)(C)C4)cc2Cl)cc1. The van der Waals surface area contributed by atoms with Crippen LogP contribution in [0.2, 0.25) is 10.0 Å². The summed E-state index contributed by atoms with van der Waals surface area (Å²) in [5.41, 5.74) is 6.45. The van der Waals surface area contributed by atoms with Gasteiger partial charge in [0.25, 0.3) is 5.91 Å². The van der Waals surface area contributed by atoms with Crippen molar-refractivity contribution >= 4 is 46.4 Å². The molecule has 0 radical (unpaired) electrons. The number of allylic oxidation sites excluding steroid dienone is 4. The fraction of sp³-hybridized carbons (Fsp3) is 0.375. The normalized spacial score (nSPS) is 18.9. The van der Waals surface area contributed by atoms with Crippen molar-refractivity contribution in [2.75, 3.05) is 18.5 Å². The number of Topliss-reactive ketones (excluding diaryl/α,β-unsaturated/α-hetero) is 2. The number of benzene rings is 3. The molecule has 0 spiro atoms. The van der Waals surface area contributed by atoms with Crippen molar-refractivity contribution in [3.8, 4) is 5.75 Å². The molecule has 0 atom stereocenters. The number of aryl methyl sites for hydroxylation is 1. The van der Waals surface area contributed by atoms with Crippen LogP contribution in [0.25, 0.3) is 0 Å². The molecule has 0 saturated heterocycles. The number of amides is 1. The molecule has 0 aromatic heterocycles. The average molecular weight is 686 g/mol. The molecule has 3 aliphatic rings. The number of rotatable bonds is 8. The number of nitrogens with zero attached hydrogens (tertiary/aromatic N) is 1. The molecule has 0 bridgehead atoms. The monoisotopic (exact) mass is 684 g/mol. The summed E-state index contributed by atoms with van der Waals surface area (Å²) in [7, 11) is 0. The first-order chi connectivity index (χ1) is 22.7. The van der Waals surface area contributed by atoms with E-state index in [0.717, 1.165) is 23.4 Å². The van der Waals surface area contributed by atoms with Crippen LogP contribution in [0.1, 0.15) is 76.0 Å². The molecule has 1 amide bonds. The van der Waals surface area contributed by atoms with Gasteiger partial charge in [0, 0.05) is 53.5 Å². The van der Waals surface area contributed by atoms with Crippen LogP contribution in [0.5, 0.6) is 5.75 Å². The van der Waals surface area contributed by atoms with Gasteiger partial charge in [0.05, 0.1) is 10.0 Å². The van der Waals surface area contributed by atoms with Crippen molar-refractivity contribution in [1.29, 1.82) is 0 Å². The summed E-state index contributed by atoms with van der Waals surface area (Å²) in [6.45, 7) is 10.9. The first-order valence-electron chi connectivity index (χ1n) is 16.5. The van der Waals surface area contributed by atoms with Gasteiger partial charge in [0.15, 0.2) is 23.9 Å². The second-order valence-electron chi connectivity index (χ2n) is 14.9. The number of carbonyl (C=O) groups is 3. The summed E-state index contributed by atoms with van der Waals surface area (Å²) in [5, 5.41) is 3.23. The molecule has 0 saturated carbocycles. The van der Waals surface area contributed by atoms with Crippen LogP contribution < -0.4 is 10.1 Å². The van der Waals surface area contributed by atoms with E-state index in [4.69, 9.17) is 27.9 Å². The van der Waals surface area contributed by atoms with E-state index < -0.39 is 5.92 Å². The molecule has 1 N–H and O–H groups in total. The van der Waals surface area contributed by atoms with Crippen molar-refractivity contribution < 1.29 is 19.1 Å². The molecule has 6 nitrogen and oxygen atoms in total. The standard InChI is InChI=1S/C40H42Cl2N2O4/c1-24-11-13-27(14-12-24)43-34(47)23-48-38-28(41)17-26(18-29(38)42)35-36-30(19-39(2,3)21-32(36)45)44(16-15-25-9-7-6-8-10-25)31-20-40(4,5)22-33(46)37(31)35/h6-14,17-18,35H,15-16,19-23H2,1-5H3,(H,43,47).